The summed E-state index contributed by atoms with van der Waals surface area (Å²) in [5, 5.41) is 21.2. The molecule has 1 saturated heterocycles. The minimum Gasteiger partial charge on any atom is -0.478 e. The number of benzene rings is 3. The number of phosphoric ester groups is 1. The van der Waals surface area contributed by atoms with Crippen LogP contribution in [0.1, 0.15) is 135 Å². The zero-order valence-electron chi connectivity index (χ0n) is 52.0. The monoisotopic (exact) mass is 1450 g/mol. The van der Waals surface area contributed by atoms with Crippen molar-refractivity contribution >= 4 is 112 Å². The van der Waals surface area contributed by atoms with E-state index in [4.69, 9.17) is 49.5 Å². The second-order valence-corrected chi connectivity index (χ2v) is 31.8. The Morgan fingerprint density at radius 3 is 2.45 bits per heavy atom. The lowest BCUT2D eigenvalue weighted by atomic mass is 9.83. The van der Waals surface area contributed by atoms with E-state index in [0.717, 1.165) is 24.4 Å². The summed E-state index contributed by atoms with van der Waals surface area (Å²) in [6.45, 7) is 9.55. The molecule has 0 aliphatic carbocycles. The molecule has 31 nitrogen and oxygen atoms in total. The number of ketones is 1. The highest BCUT2D eigenvalue weighted by atomic mass is 33.1. The third kappa shape index (κ3) is 18.7. The number of rotatable bonds is 29. The maximum Gasteiger partial charge on any atom is 0.490 e. The van der Waals surface area contributed by atoms with Gasteiger partial charge in [-0.2, -0.15) is 17.0 Å². The van der Waals surface area contributed by atoms with Crippen molar-refractivity contribution in [3.05, 3.63) is 127 Å². The predicted octanol–water partition coefficient (Wildman–Crippen LogP) is 8.98. The van der Waals surface area contributed by atoms with Gasteiger partial charge in [-0.15, -0.1) is 0 Å². The number of phosphoric acid groups is 3. The van der Waals surface area contributed by atoms with Crippen LogP contribution in [0.25, 0.3) is 38.2 Å². The summed E-state index contributed by atoms with van der Waals surface area (Å²) in [6, 6.07) is 11.7. The Bertz CT molecular complexity index is 4550. The van der Waals surface area contributed by atoms with Gasteiger partial charge in [0.25, 0.3) is 16.1 Å². The fraction of sp³-hybridized carbons (Fsp3) is 0.414. The topological polar surface area (TPSA) is 464 Å². The molecule has 38 heteroatoms. The van der Waals surface area contributed by atoms with Gasteiger partial charge in [-0.1, -0.05) is 58.6 Å². The average Bonchev–Trinajstić information content (AvgIpc) is 0.902. The summed E-state index contributed by atoms with van der Waals surface area (Å²) in [6.07, 6.45) is 3.59. The van der Waals surface area contributed by atoms with E-state index >= 15 is 4.39 Å². The number of aromatic nitrogens is 3. The second kappa shape index (κ2) is 29.3. The lowest BCUT2D eigenvalue weighted by Gasteiger charge is -2.34. The highest BCUT2D eigenvalue weighted by Gasteiger charge is 2.46. The summed E-state index contributed by atoms with van der Waals surface area (Å²) in [5.41, 5.74) is 18.7. The number of nitrogen functional groups attached to an aromatic ring is 1. The molecule has 0 saturated carbocycles. The van der Waals surface area contributed by atoms with E-state index in [1.165, 1.54) is 44.5 Å². The van der Waals surface area contributed by atoms with Crippen LogP contribution in [0.3, 0.4) is 0 Å². The van der Waals surface area contributed by atoms with E-state index in [-0.39, 0.29) is 89.1 Å². The molecule has 0 spiro atoms. The number of carboxylic acids is 1. The molecule has 2 aromatic heterocycles. The normalized spacial score (nSPS) is 19.5. The molecule has 5 aromatic rings. The SMILES string of the molecule is CCC1=CC(C)(C)N=c2cc3c(cc21)=C(c1cc(C(=O)CCCSSCOCCCC(=O)NCC#Cc2cn([C@H]4CC(O[C@](C)(F)N=[N+]=[N-])[C@@H](COP(=O)(O)OP(=O)(O)OP(=O)(O)O)O4)c4ncnc(N)c24)ccc1C(=O)O)c1cc2c(cc1O3)NC(C)(C)C=C2CS(=O)(=O)O. The van der Waals surface area contributed by atoms with Gasteiger partial charge in [0, 0.05) is 101 Å². The number of halogens is 1. The van der Waals surface area contributed by atoms with Crippen molar-refractivity contribution in [3.8, 4) is 23.3 Å². The molecule has 0 radical (unpaired) electrons. The molecule has 4 aliphatic heterocycles. The molecule has 4 aliphatic rings. The van der Waals surface area contributed by atoms with E-state index in [2.05, 4.69) is 57.2 Å². The first-order valence-corrected chi connectivity index (χ1v) is 37.8. The smallest absolute Gasteiger partial charge is 0.478 e. The minimum atomic E-state index is -5.90. The number of azide groups is 1. The molecule has 6 atom stereocenters. The van der Waals surface area contributed by atoms with E-state index in [0.29, 0.717) is 75.1 Å². The molecule has 1 fully saturated rings. The standard InChI is InChI=1S/C58H66FN10O21P3S3/c1-7-32-25-56(2,3)65-42-22-45-40(20-37(32)42)52(41-21-38-35(29-96(81,82)83)26-57(4,5)66-43(38)23-46(41)86-45)39-19-33(14-15-36(39)55(72)73)44(70)12-10-18-94-95-31-84-17-9-13-49(71)62-16-8-11-34-27-69(54-51(34)53(60)63-30-64-54)50-24-47(88-58(6,59)67-68-61)48(87-50)28-85-92(77,78)90-93(79,80)89-91(74,75)76/h14-15,19-23,25-27,30,47-48,50,66H,7,9-10,12-13,16-18,24,28-29,31H2,1-6H3,(H,62,71)(H,72,73)(H,77,78)(H,79,80)(H2,60,63,64)(H2,74,75,76)(H,81,82,83)/t47?,48-,50-,58-/m1/s1. The third-order valence-corrected chi connectivity index (χ3v) is 21.5. The van der Waals surface area contributed by atoms with Crippen LogP contribution in [0.2, 0.25) is 0 Å². The van der Waals surface area contributed by atoms with Gasteiger partial charge in [-0.25, -0.2) is 32.8 Å². The molecule has 1 amide bonds. The van der Waals surface area contributed by atoms with Gasteiger partial charge in [0.05, 0.1) is 52.2 Å². The van der Waals surface area contributed by atoms with E-state index < -0.39 is 87.4 Å². The van der Waals surface area contributed by atoms with E-state index in [9.17, 15) is 55.9 Å². The van der Waals surface area contributed by atoms with Crippen LogP contribution < -0.4 is 31.7 Å². The van der Waals surface area contributed by atoms with Gasteiger partial charge < -0.3 is 64.6 Å². The molecule has 9 rings (SSSR count). The van der Waals surface area contributed by atoms with Crippen LogP contribution in [0, 0.1) is 11.8 Å². The largest absolute Gasteiger partial charge is 0.490 e. The van der Waals surface area contributed by atoms with Crippen molar-refractivity contribution in [2.75, 3.05) is 48.3 Å². The number of ether oxygens (including phenoxy) is 4. The third-order valence-electron chi connectivity index (χ3n) is 14.8. The number of carbonyl (C=O) groups is 3. The summed E-state index contributed by atoms with van der Waals surface area (Å²) in [4.78, 5) is 93.0. The maximum absolute atomic E-state index is 15.1. The Balaban J connectivity index is 0.784. The number of carboxylic acid groups (broad SMARTS) is 1. The van der Waals surface area contributed by atoms with Crippen LogP contribution in [0.5, 0.6) is 11.5 Å². The first kappa shape index (κ1) is 73.4. The van der Waals surface area contributed by atoms with Crippen molar-refractivity contribution < 1.29 is 102 Å². The summed E-state index contributed by atoms with van der Waals surface area (Å²) in [5.74, 6) is 1.75. The molecule has 0 bridgehead atoms. The van der Waals surface area contributed by atoms with Crippen molar-refractivity contribution in [3.63, 3.8) is 0 Å². The Morgan fingerprint density at radius 2 is 1.74 bits per heavy atom. The number of carbonyl (C=O) groups excluding carboxylic acids is 2. The number of nitrogens with one attached hydrogen (secondary N) is 2. The number of anilines is 2. The molecule has 10 N–H and O–H groups in total. The van der Waals surface area contributed by atoms with Crippen molar-refractivity contribution in [2.45, 2.75) is 116 Å². The van der Waals surface area contributed by atoms with Gasteiger partial charge in [0.2, 0.25) is 5.91 Å². The fourth-order valence-electron chi connectivity index (χ4n) is 11.2. The molecule has 3 unspecified atom stereocenters. The minimum absolute atomic E-state index is 0.0281. The summed E-state index contributed by atoms with van der Waals surface area (Å²) in [7, 11) is -18.9. The highest BCUT2D eigenvalue weighted by Crippen LogP contribution is 2.66. The Kier molecular flexibility index (Phi) is 22.4. The van der Waals surface area contributed by atoms with Crippen LogP contribution in [-0.2, 0) is 56.0 Å². The second-order valence-electron chi connectivity index (χ2n) is 23.4. The first-order chi connectivity index (χ1) is 44.9. The van der Waals surface area contributed by atoms with Crippen molar-refractivity contribution in [2.24, 2.45) is 10.1 Å². The van der Waals surface area contributed by atoms with Gasteiger partial charge in [-0.05, 0) is 98.6 Å². The molecule has 3 aromatic carbocycles. The molecular weight excluding hydrogens is 1380 g/mol. The number of hydrogen-bond donors (Lipinski definition) is 9. The zero-order chi connectivity index (χ0) is 69.9. The number of allylic oxidation sites excluding steroid dienone is 1. The van der Waals surface area contributed by atoms with Crippen molar-refractivity contribution in [1.82, 2.24) is 19.9 Å². The van der Waals surface area contributed by atoms with E-state index in [1.54, 1.807) is 24.3 Å². The maximum atomic E-state index is 15.1. The number of Topliss-reactive ketones (excluding diaryl/α,β-unsaturated/α-hetero) is 1. The number of amides is 1. The number of alkyl halides is 1. The molecular formula is C58H66FN10O21P3S3. The quantitative estimate of drug-likeness (QED) is 0.00181. The van der Waals surface area contributed by atoms with E-state index in [1.807, 2.05) is 46.8 Å². The van der Waals surface area contributed by atoms with Crippen molar-refractivity contribution in [1.29, 1.82) is 0 Å². The first-order valence-electron chi connectivity index (χ1n) is 29.2. The fourth-order valence-corrected chi connectivity index (χ4v) is 16.6. The van der Waals surface area contributed by atoms with Gasteiger partial charge in [0.1, 0.15) is 53.3 Å². The number of aromatic carboxylic acids is 1. The lowest BCUT2D eigenvalue weighted by Crippen LogP contribution is -2.35. The summed E-state index contributed by atoms with van der Waals surface area (Å²) >= 11 is 0. The number of nitrogens with zero attached hydrogens (tertiary/aromatic N) is 7. The van der Waals surface area contributed by atoms with Gasteiger partial charge in [-0.3, -0.25) is 23.7 Å². The van der Waals surface area contributed by atoms with Gasteiger partial charge in [0.15, 0.2) is 5.78 Å². The van der Waals surface area contributed by atoms with Crippen LogP contribution in [-0.4, -0.2) is 136 Å². The Hall–Kier alpha value is -6.86. The van der Waals surface area contributed by atoms with Gasteiger partial charge >= 0.3 is 29.4 Å². The average molecular weight is 1450 g/mol. The lowest BCUT2D eigenvalue weighted by molar-refractivity contribution is -0.178. The number of fused-ring (bicyclic) bond motifs is 5. The van der Waals surface area contributed by atoms with Crippen LogP contribution in [0.4, 0.5) is 15.9 Å². The molecule has 6 heterocycles. The Labute approximate surface area is 555 Å². The molecule has 514 valence electrons. The zero-order valence-corrected chi connectivity index (χ0v) is 57.2. The highest BCUT2D eigenvalue weighted by molar-refractivity contribution is 8.76. The number of nitrogens with two attached hydrogens (primary N) is 1. The molecule has 96 heavy (non-hydrogen) atoms. The Morgan fingerprint density at radius 1 is 0.979 bits per heavy atom. The van der Waals surface area contributed by atoms with Crippen LogP contribution in [0.15, 0.2) is 77.2 Å². The predicted molar refractivity (Wildman–Crippen MR) is 351 cm³/mol. The summed E-state index contributed by atoms with van der Waals surface area (Å²) < 4.78 is 123. The van der Waals surface area contributed by atoms with Crippen LogP contribution >= 0.6 is 45.1 Å². The number of hydrogen-bond acceptors (Lipinski definition) is 23.